The largest absolute Gasteiger partial charge is 0.493 e. The second-order valence-corrected chi connectivity index (χ2v) is 8.80. The Morgan fingerprint density at radius 3 is 2.42 bits per heavy atom. The number of benzene rings is 2. The van der Waals surface area contributed by atoms with Crippen LogP contribution in [0.2, 0.25) is 5.02 Å². The molecule has 0 saturated heterocycles. The number of sulfonamides is 1. The van der Waals surface area contributed by atoms with Gasteiger partial charge in [-0.05, 0) is 43.4 Å². The van der Waals surface area contributed by atoms with Crippen molar-refractivity contribution in [3.05, 3.63) is 47.7 Å². The summed E-state index contributed by atoms with van der Waals surface area (Å²) in [4.78, 5) is 10.7. The third-order valence-corrected chi connectivity index (χ3v) is 6.44. The highest BCUT2D eigenvalue weighted by atomic mass is 35.5. The fourth-order valence-corrected chi connectivity index (χ4v) is 4.20. The van der Waals surface area contributed by atoms with Gasteiger partial charge in [-0.15, -0.1) is 0 Å². The number of likely N-dealkylation sites (N-methyl/N-ethyl adjacent to an activating group) is 1. The van der Waals surface area contributed by atoms with Gasteiger partial charge >= 0.3 is 0 Å². The van der Waals surface area contributed by atoms with Crippen molar-refractivity contribution in [3.8, 4) is 11.5 Å². The highest BCUT2D eigenvalue weighted by Crippen LogP contribution is 2.34. The van der Waals surface area contributed by atoms with Crippen molar-refractivity contribution in [1.82, 2.24) is 14.9 Å². The minimum atomic E-state index is -3.86. The molecule has 0 spiro atoms. The average Bonchev–Trinajstić information content (AvgIpc) is 2.76. The number of nitrogens with one attached hydrogen (secondary N) is 1. The molecular weight excluding hydrogens is 440 g/mol. The summed E-state index contributed by atoms with van der Waals surface area (Å²) in [6.07, 6.45) is 1.30. The van der Waals surface area contributed by atoms with Crippen LogP contribution in [0.15, 0.2) is 47.6 Å². The first-order chi connectivity index (χ1) is 14.9. The van der Waals surface area contributed by atoms with Gasteiger partial charge in [0.1, 0.15) is 12.9 Å². The van der Waals surface area contributed by atoms with Crippen LogP contribution in [-0.4, -0.2) is 56.6 Å². The lowest BCUT2D eigenvalue weighted by molar-refractivity contribution is 0.217. The topological polar surface area (TPSA) is 93.6 Å². The molecule has 2 aromatic carbocycles. The monoisotopic (exact) mass is 464 g/mol. The molecule has 8 nitrogen and oxygen atoms in total. The number of rotatable bonds is 10. The SMILES string of the molecule is CCN(CC)CCOc1cc2ncnc(NS(=O)(=O)c3ccc(Cl)cc3)c2cc1OC. The number of halogens is 1. The predicted molar refractivity (Wildman–Crippen MR) is 122 cm³/mol. The standard InChI is InChI=1S/C21H25ClN4O4S/c1-4-26(5-2)10-11-30-20-13-18-17(12-19(20)29-3)21(24-14-23-18)25-31(27,28)16-8-6-15(22)7-9-16/h6-9,12-14H,4-5,10-11H2,1-3H3,(H,23,24,25). The molecule has 0 unspecified atom stereocenters. The smallest absolute Gasteiger partial charge is 0.263 e. The third-order valence-electron chi connectivity index (χ3n) is 4.84. The summed E-state index contributed by atoms with van der Waals surface area (Å²) < 4.78 is 39.4. The Balaban J connectivity index is 1.89. The highest BCUT2D eigenvalue weighted by Gasteiger charge is 2.18. The van der Waals surface area contributed by atoms with Gasteiger partial charge in [-0.3, -0.25) is 4.72 Å². The van der Waals surface area contributed by atoms with E-state index in [4.69, 9.17) is 21.1 Å². The minimum absolute atomic E-state index is 0.0759. The van der Waals surface area contributed by atoms with Gasteiger partial charge in [0, 0.05) is 23.0 Å². The van der Waals surface area contributed by atoms with Crippen LogP contribution in [0, 0.1) is 0 Å². The molecule has 0 amide bonds. The van der Waals surface area contributed by atoms with Crippen molar-refractivity contribution in [2.45, 2.75) is 18.7 Å². The molecule has 166 valence electrons. The molecule has 1 aromatic heterocycles. The fraction of sp³-hybridized carbons (Fsp3) is 0.333. The number of methoxy groups -OCH3 is 1. The number of hydrogen-bond acceptors (Lipinski definition) is 7. The van der Waals surface area contributed by atoms with Crippen LogP contribution in [-0.2, 0) is 10.0 Å². The molecule has 0 bridgehead atoms. The van der Waals surface area contributed by atoms with E-state index in [1.54, 1.807) is 12.1 Å². The number of ether oxygens (including phenoxy) is 2. The molecule has 1 heterocycles. The van der Waals surface area contributed by atoms with Crippen LogP contribution in [0.3, 0.4) is 0 Å². The third kappa shape index (κ3) is 5.55. The van der Waals surface area contributed by atoms with Crippen molar-refractivity contribution in [2.24, 2.45) is 0 Å². The number of fused-ring (bicyclic) bond motifs is 1. The maximum absolute atomic E-state index is 12.8. The second-order valence-electron chi connectivity index (χ2n) is 6.68. The van der Waals surface area contributed by atoms with Gasteiger partial charge in [-0.2, -0.15) is 0 Å². The van der Waals surface area contributed by atoms with Crippen LogP contribution < -0.4 is 14.2 Å². The maximum Gasteiger partial charge on any atom is 0.263 e. The van der Waals surface area contributed by atoms with E-state index in [2.05, 4.69) is 33.4 Å². The first-order valence-corrected chi connectivity index (χ1v) is 11.7. The van der Waals surface area contributed by atoms with Gasteiger partial charge in [0.2, 0.25) is 0 Å². The van der Waals surface area contributed by atoms with E-state index in [0.29, 0.717) is 34.0 Å². The van der Waals surface area contributed by atoms with E-state index in [0.717, 1.165) is 19.6 Å². The molecule has 31 heavy (non-hydrogen) atoms. The molecule has 0 aliphatic carbocycles. The molecule has 0 saturated carbocycles. The summed E-state index contributed by atoms with van der Waals surface area (Å²) in [5.74, 6) is 1.15. The fourth-order valence-electron chi connectivity index (χ4n) is 3.04. The Kier molecular flexibility index (Phi) is 7.53. The van der Waals surface area contributed by atoms with Crippen molar-refractivity contribution in [1.29, 1.82) is 0 Å². The Bertz CT molecular complexity index is 1140. The average molecular weight is 465 g/mol. The van der Waals surface area contributed by atoms with Gasteiger partial charge in [0.25, 0.3) is 10.0 Å². The van der Waals surface area contributed by atoms with Crippen LogP contribution >= 0.6 is 11.6 Å². The van der Waals surface area contributed by atoms with Crippen LogP contribution in [0.5, 0.6) is 11.5 Å². The van der Waals surface area contributed by atoms with Crippen LogP contribution in [0.25, 0.3) is 10.9 Å². The molecule has 0 aliphatic heterocycles. The van der Waals surface area contributed by atoms with E-state index in [1.165, 1.54) is 37.7 Å². The molecule has 10 heteroatoms. The predicted octanol–water partition coefficient (Wildman–Crippen LogP) is 3.81. The van der Waals surface area contributed by atoms with Gasteiger partial charge in [-0.1, -0.05) is 25.4 Å². The maximum atomic E-state index is 12.8. The molecule has 0 fully saturated rings. The Labute approximate surface area is 187 Å². The van der Waals surface area contributed by atoms with Gasteiger partial charge in [-0.25, -0.2) is 18.4 Å². The molecular formula is C21H25ClN4O4S. The minimum Gasteiger partial charge on any atom is -0.493 e. The van der Waals surface area contributed by atoms with Crippen molar-refractivity contribution in [2.75, 3.05) is 38.1 Å². The highest BCUT2D eigenvalue weighted by molar-refractivity contribution is 7.92. The molecule has 0 aliphatic rings. The van der Waals surface area contributed by atoms with E-state index in [1.807, 2.05) is 0 Å². The summed E-state index contributed by atoms with van der Waals surface area (Å²) in [6, 6.07) is 9.27. The lowest BCUT2D eigenvalue weighted by atomic mass is 10.2. The first kappa shape index (κ1) is 23.1. The Hall–Kier alpha value is -2.62. The molecule has 0 radical (unpaired) electrons. The summed E-state index contributed by atoms with van der Waals surface area (Å²) >= 11 is 5.85. The van der Waals surface area contributed by atoms with Crippen molar-refractivity contribution >= 4 is 38.3 Å². The zero-order valence-electron chi connectivity index (χ0n) is 17.6. The van der Waals surface area contributed by atoms with E-state index < -0.39 is 10.0 Å². The number of nitrogens with zero attached hydrogens (tertiary/aromatic N) is 3. The molecule has 3 rings (SSSR count). The second kappa shape index (κ2) is 10.1. The Morgan fingerprint density at radius 2 is 1.77 bits per heavy atom. The number of aromatic nitrogens is 2. The van der Waals surface area contributed by atoms with Gasteiger partial charge < -0.3 is 14.4 Å². The summed E-state index contributed by atoms with van der Waals surface area (Å²) in [6.45, 7) is 7.36. The lowest BCUT2D eigenvalue weighted by Crippen LogP contribution is -2.27. The zero-order valence-corrected chi connectivity index (χ0v) is 19.2. The van der Waals surface area contributed by atoms with E-state index >= 15 is 0 Å². The van der Waals surface area contributed by atoms with Gasteiger partial charge in [0.15, 0.2) is 17.3 Å². The Morgan fingerprint density at radius 1 is 1.06 bits per heavy atom. The number of anilines is 1. The lowest BCUT2D eigenvalue weighted by Gasteiger charge is -2.19. The van der Waals surface area contributed by atoms with Gasteiger partial charge in [0.05, 0.1) is 17.5 Å². The molecule has 1 N–H and O–H groups in total. The summed E-state index contributed by atoms with van der Waals surface area (Å²) in [5.41, 5.74) is 0.530. The summed E-state index contributed by atoms with van der Waals surface area (Å²) in [5, 5.41) is 0.942. The van der Waals surface area contributed by atoms with Crippen LogP contribution in [0.4, 0.5) is 5.82 Å². The van der Waals surface area contributed by atoms with Crippen LogP contribution in [0.1, 0.15) is 13.8 Å². The van der Waals surface area contributed by atoms with E-state index in [9.17, 15) is 8.42 Å². The number of hydrogen-bond donors (Lipinski definition) is 1. The quantitative estimate of drug-likeness (QED) is 0.487. The van der Waals surface area contributed by atoms with Crippen molar-refractivity contribution in [3.63, 3.8) is 0 Å². The van der Waals surface area contributed by atoms with E-state index in [-0.39, 0.29) is 10.7 Å². The normalized spacial score (nSPS) is 11.6. The molecule has 0 atom stereocenters. The zero-order chi connectivity index (χ0) is 22.4. The summed E-state index contributed by atoms with van der Waals surface area (Å²) in [7, 11) is -2.33. The van der Waals surface area contributed by atoms with Crippen molar-refractivity contribution < 1.29 is 17.9 Å². The first-order valence-electron chi connectivity index (χ1n) is 9.84. The molecule has 3 aromatic rings.